The molecule has 0 atom stereocenters. The Morgan fingerprint density at radius 1 is 1.29 bits per heavy atom. The molecule has 1 saturated carbocycles. The first-order valence-electron chi connectivity index (χ1n) is 6.05. The number of aromatic nitrogens is 1. The molecule has 4 heteroatoms. The smallest absolute Gasteiger partial charge is 0.110 e. The van der Waals surface area contributed by atoms with Crippen LogP contribution in [0, 0.1) is 5.41 Å². The summed E-state index contributed by atoms with van der Waals surface area (Å²) in [5.41, 5.74) is 0.486. The van der Waals surface area contributed by atoms with E-state index in [1.165, 1.54) is 37.9 Å². The minimum absolute atomic E-state index is 0.486. The number of rotatable bonds is 4. The normalized spacial score (nSPS) is 19.2. The van der Waals surface area contributed by atoms with Gasteiger partial charge in [0.1, 0.15) is 5.03 Å². The zero-order valence-electron chi connectivity index (χ0n) is 9.79. The number of pyridine rings is 1. The van der Waals surface area contributed by atoms with Crippen molar-refractivity contribution in [1.82, 2.24) is 4.98 Å². The Bertz CT molecular complexity index is 364. The van der Waals surface area contributed by atoms with Gasteiger partial charge in [-0.1, -0.05) is 35.2 Å². The van der Waals surface area contributed by atoms with Gasteiger partial charge in [0.2, 0.25) is 0 Å². The van der Waals surface area contributed by atoms with Gasteiger partial charge in [-0.05, 0) is 46.3 Å². The van der Waals surface area contributed by atoms with E-state index < -0.39 is 0 Å². The van der Waals surface area contributed by atoms with Crippen molar-refractivity contribution in [2.45, 2.75) is 37.1 Å². The van der Waals surface area contributed by atoms with Crippen molar-refractivity contribution in [2.24, 2.45) is 5.41 Å². The van der Waals surface area contributed by atoms with Gasteiger partial charge >= 0.3 is 0 Å². The minimum atomic E-state index is 0.486. The molecule has 17 heavy (non-hydrogen) atoms. The quantitative estimate of drug-likeness (QED) is 0.522. The van der Waals surface area contributed by atoms with Crippen LogP contribution in [-0.4, -0.2) is 16.1 Å². The maximum atomic E-state index is 4.43. The van der Waals surface area contributed by atoms with Crippen LogP contribution in [0.5, 0.6) is 0 Å². The monoisotopic (exact) mass is 377 g/mol. The molecule has 0 bridgehead atoms. The molecule has 2 rings (SSSR count). The first-order valence-corrected chi connectivity index (χ1v) is 8.95. The SMILES string of the molecule is BrCC1(CSc2ncccc2Br)CCCCC1. The van der Waals surface area contributed by atoms with E-state index in [9.17, 15) is 0 Å². The highest BCUT2D eigenvalue weighted by Crippen LogP contribution is 2.42. The van der Waals surface area contributed by atoms with Crippen LogP contribution in [-0.2, 0) is 0 Å². The van der Waals surface area contributed by atoms with Crippen LogP contribution in [0.15, 0.2) is 27.8 Å². The molecule has 0 spiro atoms. The van der Waals surface area contributed by atoms with Crippen LogP contribution < -0.4 is 0 Å². The predicted molar refractivity (Wildman–Crippen MR) is 82.0 cm³/mol. The van der Waals surface area contributed by atoms with E-state index in [1.54, 1.807) is 0 Å². The lowest BCUT2D eigenvalue weighted by atomic mass is 9.77. The third-order valence-corrected chi connectivity index (χ3v) is 6.88. The molecule has 0 N–H and O–H groups in total. The number of nitrogens with zero attached hydrogens (tertiary/aromatic N) is 1. The van der Waals surface area contributed by atoms with Crippen molar-refractivity contribution in [3.63, 3.8) is 0 Å². The number of halogens is 2. The summed E-state index contributed by atoms with van der Waals surface area (Å²) in [4.78, 5) is 4.43. The molecule has 0 radical (unpaired) electrons. The van der Waals surface area contributed by atoms with E-state index in [0.717, 1.165) is 14.8 Å². The molecular weight excluding hydrogens is 362 g/mol. The average Bonchev–Trinajstić information content (AvgIpc) is 2.39. The van der Waals surface area contributed by atoms with Gasteiger partial charge < -0.3 is 0 Å². The Morgan fingerprint density at radius 2 is 2.06 bits per heavy atom. The maximum Gasteiger partial charge on any atom is 0.110 e. The van der Waals surface area contributed by atoms with Gasteiger partial charge in [-0.3, -0.25) is 0 Å². The van der Waals surface area contributed by atoms with E-state index in [0.29, 0.717) is 5.41 Å². The van der Waals surface area contributed by atoms with Crippen molar-refractivity contribution >= 4 is 43.6 Å². The molecule has 94 valence electrons. The Balaban J connectivity index is 1.98. The molecule has 1 fully saturated rings. The average molecular weight is 379 g/mol. The number of hydrogen-bond donors (Lipinski definition) is 0. The van der Waals surface area contributed by atoms with Gasteiger partial charge in [-0.15, -0.1) is 11.8 Å². The van der Waals surface area contributed by atoms with E-state index >= 15 is 0 Å². The largest absolute Gasteiger partial charge is 0.249 e. The van der Waals surface area contributed by atoms with Crippen molar-refractivity contribution < 1.29 is 0 Å². The molecule has 1 heterocycles. The highest BCUT2D eigenvalue weighted by atomic mass is 79.9. The summed E-state index contributed by atoms with van der Waals surface area (Å²) >= 11 is 9.17. The summed E-state index contributed by atoms with van der Waals surface area (Å²) in [6, 6.07) is 4.03. The zero-order chi connectivity index (χ0) is 12.1. The summed E-state index contributed by atoms with van der Waals surface area (Å²) in [5.74, 6) is 1.17. The Kier molecular flexibility index (Phi) is 5.37. The van der Waals surface area contributed by atoms with Gasteiger partial charge in [-0.2, -0.15) is 0 Å². The molecule has 0 aromatic carbocycles. The summed E-state index contributed by atoms with van der Waals surface area (Å²) in [6.45, 7) is 0. The lowest BCUT2D eigenvalue weighted by Gasteiger charge is -2.35. The second kappa shape index (κ2) is 6.58. The predicted octanol–water partition coefficient (Wildman–Crippen LogP) is 5.28. The molecule has 0 amide bonds. The first-order chi connectivity index (χ1) is 8.26. The fraction of sp³-hybridized carbons (Fsp3) is 0.615. The standard InChI is InChI=1S/C13H17Br2NS/c14-9-13(6-2-1-3-7-13)10-17-12-11(15)5-4-8-16-12/h4-5,8H,1-3,6-7,9-10H2. The molecule has 1 aliphatic carbocycles. The number of hydrogen-bond acceptors (Lipinski definition) is 2. The van der Waals surface area contributed by atoms with Crippen molar-refractivity contribution in [3.8, 4) is 0 Å². The van der Waals surface area contributed by atoms with E-state index in [-0.39, 0.29) is 0 Å². The molecule has 0 saturated heterocycles. The second-order valence-corrected chi connectivity index (χ2v) is 7.15. The lowest BCUT2D eigenvalue weighted by Crippen LogP contribution is -2.28. The lowest BCUT2D eigenvalue weighted by molar-refractivity contribution is 0.260. The molecule has 1 aromatic rings. The molecule has 0 aliphatic heterocycles. The van der Waals surface area contributed by atoms with E-state index in [4.69, 9.17) is 0 Å². The van der Waals surface area contributed by atoms with Crippen LogP contribution in [0.1, 0.15) is 32.1 Å². The zero-order valence-corrected chi connectivity index (χ0v) is 13.8. The van der Waals surface area contributed by atoms with Gasteiger partial charge in [0, 0.05) is 21.8 Å². The highest BCUT2D eigenvalue weighted by Gasteiger charge is 2.31. The van der Waals surface area contributed by atoms with Crippen LogP contribution in [0.25, 0.3) is 0 Å². The summed E-state index contributed by atoms with van der Waals surface area (Å²) < 4.78 is 1.12. The van der Waals surface area contributed by atoms with E-state index in [1.807, 2.05) is 24.0 Å². The van der Waals surface area contributed by atoms with Gasteiger partial charge in [0.05, 0.1) is 0 Å². The van der Waals surface area contributed by atoms with Crippen molar-refractivity contribution in [1.29, 1.82) is 0 Å². The molecule has 1 aromatic heterocycles. The fourth-order valence-electron chi connectivity index (χ4n) is 2.32. The van der Waals surface area contributed by atoms with Gasteiger partial charge in [0.25, 0.3) is 0 Å². The summed E-state index contributed by atoms with van der Waals surface area (Å²) in [5, 5.41) is 2.25. The highest BCUT2D eigenvalue weighted by molar-refractivity contribution is 9.10. The van der Waals surface area contributed by atoms with Crippen LogP contribution in [0.4, 0.5) is 0 Å². The van der Waals surface area contributed by atoms with Gasteiger partial charge in [-0.25, -0.2) is 4.98 Å². The van der Waals surface area contributed by atoms with Crippen molar-refractivity contribution in [2.75, 3.05) is 11.1 Å². The van der Waals surface area contributed by atoms with Crippen LogP contribution >= 0.6 is 43.6 Å². The fourth-order valence-corrected chi connectivity index (χ4v) is 5.11. The van der Waals surface area contributed by atoms with Crippen LogP contribution in [0.2, 0.25) is 0 Å². The van der Waals surface area contributed by atoms with Crippen LogP contribution in [0.3, 0.4) is 0 Å². The number of alkyl halides is 1. The second-order valence-electron chi connectivity index (χ2n) is 4.77. The Hall–Kier alpha value is 0.460. The molecule has 0 unspecified atom stereocenters. The molecular formula is C13H17Br2NS. The minimum Gasteiger partial charge on any atom is -0.249 e. The van der Waals surface area contributed by atoms with Crippen molar-refractivity contribution in [3.05, 3.63) is 22.8 Å². The van der Waals surface area contributed by atoms with Gasteiger partial charge in [0.15, 0.2) is 0 Å². The summed E-state index contributed by atoms with van der Waals surface area (Å²) in [6.07, 6.45) is 8.76. The molecule has 1 nitrogen and oxygen atoms in total. The Morgan fingerprint density at radius 3 is 2.71 bits per heavy atom. The molecule has 1 aliphatic rings. The third-order valence-electron chi connectivity index (χ3n) is 3.44. The third kappa shape index (κ3) is 3.71. The maximum absolute atomic E-state index is 4.43. The number of thioether (sulfide) groups is 1. The summed E-state index contributed by atoms with van der Waals surface area (Å²) in [7, 11) is 0. The first kappa shape index (κ1) is 13.9. The van der Waals surface area contributed by atoms with E-state index in [2.05, 4.69) is 42.9 Å². The topological polar surface area (TPSA) is 12.9 Å². The Labute approximate surface area is 124 Å².